The summed E-state index contributed by atoms with van der Waals surface area (Å²) in [6.45, 7) is 9.55. The summed E-state index contributed by atoms with van der Waals surface area (Å²) in [5.74, 6) is 2.58. The van der Waals surface area contributed by atoms with Crippen LogP contribution in [0.4, 0.5) is 0 Å². The maximum atomic E-state index is 6.25. The van der Waals surface area contributed by atoms with Gasteiger partial charge >= 0.3 is 0 Å². The lowest BCUT2D eigenvalue weighted by atomic mass is 9.79. The van der Waals surface area contributed by atoms with Gasteiger partial charge in [-0.15, -0.1) is 0 Å². The molecule has 112 valence electrons. The summed E-state index contributed by atoms with van der Waals surface area (Å²) in [6.07, 6.45) is 9.69. The Morgan fingerprint density at radius 1 is 1.21 bits per heavy atom. The molecule has 2 N–H and O–H groups in total. The average molecular weight is 266 g/mol. The van der Waals surface area contributed by atoms with E-state index in [4.69, 9.17) is 5.73 Å². The number of rotatable bonds is 4. The Morgan fingerprint density at radius 2 is 2.00 bits per heavy atom. The summed E-state index contributed by atoms with van der Waals surface area (Å²) in [6, 6.07) is 1.32. The number of likely N-dealkylation sites (tertiary alicyclic amines) is 1. The van der Waals surface area contributed by atoms with Crippen molar-refractivity contribution in [2.45, 2.75) is 77.8 Å². The van der Waals surface area contributed by atoms with E-state index in [2.05, 4.69) is 25.7 Å². The predicted molar refractivity (Wildman–Crippen MR) is 83.1 cm³/mol. The summed E-state index contributed by atoms with van der Waals surface area (Å²) in [5, 5.41) is 0. The number of piperidine rings is 1. The van der Waals surface area contributed by atoms with Gasteiger partial charge in [0.2, 0.25) is 0 Å². The Labute approximate surface area is 120 Å². The van der Waals surface area contributed by atoms with Gasteiger partial charge in [0, 0.05) is 18.6 Å². The molecule has 0 spiro atoms. The highest BCUT2D eigenvalue weighted by Gasteiger charge is 2.32. The lowest BCUT2D eigenvalue weighted by Crippen LogP contribution is -2.51. The average Bonchev–Trinajstić information content (AvgIpc) is 2.39. The highest BCUT2D eigenvalue weighted by Crippen LogP contribution is 2.33. The minimum atomic E-state index is 0.455. The van der Waals surface area contributed by atoms with Crippen molar-refractivity contribution in [3.63, 3.8) is 0 Å². The molecule has 1 heterocycles. The molecular formula is C17H34N2. The van der Waals surface area contributed by atoms with Crippen molar-refractivity contribution in [3.05, 3.63) is 0 Å². The van der Waals surface area contributed by atoms with Crippen LogP contribution in [-0.2, 0) is 0 Å². The van der Waals surface area contributed by atoms with E-state index in [9.17, 15) is 0 Å². The second-order valence-corrected chi connectivity index (χ2v) is 7.43. The van der Waals surface area contributed by atoms with Crippen molar-refractivity contribution < 1.29 is 0 Å². The quantitative estimate of drug-likeness (QED) is 0.841. The molecule has 0 amide bonds. The molecule has 0 bridgehead atoms. The maximum Gasteiger partial charge on any atom is 0.00980 e. The van der Waals surface area contributed by atoms with Gasteiger partial charge in [0.1, 0.15) is 0 Å². The van der Waals surface area contributed by atoms with Gasteiger partial charge in [-0.1, -0.05) is 40.0 Å². The van der Waals surface area contributed by atoms with Gasteiger partial charge in [0.15, 0.2) is 0 Å². The van der Waals surface area contributed by atoms with E-state index in [1.165, 1.54) is 58.0 Å². The van der Waals surface area contributed by atoms with Crippen LogP contribution in [0.2, 0.25) is 0 Å². The molecule has 2 fully saturated rings. The van der Waals surface area contributed by atoms with Gasteiger partial charge in [-0.2, -0.15) is 0 Å². The molecule has 0 radical (unpaired) electrons. The van der Waals surface area contributed by atoms with Crippen molar-refractivity contribution >= 4 is 0 Å². The minimum Gasteiger partial charge on any atom is -0.327 e. The first-order chi connectivity index (χ1) is 9.10. The van der Waals surface area contributed by atoms with Crippen LogP contribution in [0.15, 0.2) is 0 Å². The molecule has 0 aromatic carbocycles. The molecule has 4 unspecified atom stereocenters. The zero-order chi connectivity index (χ0) is 13.8. The van der Waals surface area contributed by atoms with Crippen molar-refractivity contribution in [2.75, 3.05) is 13.1 Å². The molecule has 2 rings (SSSR count). The molecule has 19 heavy (non-hydrogen) atoms. The fourth-order valence-corrected chi connectivity index (χ4v) is 4.32. The van der Waals surface area contributed by atoms with E-state index < -0.39 is 0 Å². The van der Waals surface area contributed by atoms with Gasteiger partial charge in [-0.25, -0.2) is 0 Å². The molecule has 2 nitrogen and oxygen atoms in total. The third-order valence-electron chi connectivity index (χ3n) is 5.42. The van der Waals surface area contributed by atoms with Crippen LogP contribution >= 0.6 is 0 Å². The van der Waals surface area contributed by atoms with E-state index in [1.807, 2.05) is 0 Å². The SMILES string of the molecule is CCC1CN(C2CCCC(CC(C)C)C2)CCC1N. The van der Waals surface area contributed by atoms with Gasteiger partial charge < -0.3 is 5.73 Å². The molecule has 1 saturated heterocycles. The van der Waals surface area contributed by atoms with Gasteiger partial charge in [0.25, 0.3) is 0 Å². The lowest BCUT2D eigenvalue weighted by molar-refractivity contribution is 0.0680. The Morgan fingerprint density at radius 3 is 2.68 bits per heavy atom. The van der Waals surface area contributed by atoms with Crippen molar-refractivity contribution in [1.82, 2.24) is 4.90 Å². The van der Waals surface area contributed by atoms with Crippen LogP contribution < -0.4 is 5.73 Å². The number of hydrogen-bond acceptors (Lipinski definition) is 2. The standard InChI is InChI=1S/C17H34N2/c1-4-15-12-19(9-8-17(15)18)16-7-5-6-14(11-16)10-13(2)3/h13-17H,4-12,18H2,1-3H3. The summed E-state index contributed by atoms with van der Waals surface area (Å²) < 4.78 is 0. The minimum absolute atomic E-state index is 0.455. The number of nitrogens with zero attached hydrogens (tertiary/aromatic N) is 1. The molecule has 0 aromatic heterocycles. The highest BCUT2D eigenvalue weighted by molar-refractivity contribution is 4.88. The van der Waals surface area contributed by atoms with Crippen molar-refractivity contribution in [1.29, 1.82) is 0 Å². The molecule has 2 heteroatoms. The first-order valence-electron chi connectivity index (χ1n) is 8.59. The molecular weight excluding hydrogens is 232 g/mol. The van der Waals surface area contributed by atoms with E-state index in [1.54, 1.807) is 0 Å². The maximum absolute atomic E-state index is 6.25. The third-order valence-corrected chi connectivity index (χ3v) is 5.42. The summed E-state index contributed by atoms with van der Waals surface area (Å²) >= 11 is 0. The van der Waals surface area contributed by atoms with E-state index in [0.717, 1.165) is 23.8 Å². The first-order valence-corrected chi connectivity index (χ1v) is 8.59. The number of hydrogen-bond donors (Lipinski definition) is 1. The molecule has 1 aliphatic heterocycles. The van der Waals surface area contributed by atoms with Crippen LogP contribution in [0.5, 0.6) is 0 Å². The van der Waals surface area contributed by atoms with E-state index in [0.29, 0.717) is 6.04 Å². The third kappa shape index (κ3) is 4.19. The highest BCUT2D eigenvalue weighted by atomic mass is 15.2. The summed E-state index contributed by atoms with van der Waals surface area (Å²) in [5.41, 5.74) is 6.25. The molecule has 4 atom stereocenters. The first kappa shape index (κ1) is 15.3. The normalized spacial score (nSPS) is 37.7. The Bertz CT molecular complexity index is 264. The van der Waals surface area contributed by atoms with Crippen LogP contribution in [0.1, 0.15) is 65.7 Å². The lowest BCUT2D eigenvalue weighted by Gasteiger charge is -2.44. The molecule has 0 aromatic rings. The predicted octanol–water partition coefficient (Wildman–Crippen LogP) is 3.65. The van der Waals surface area contributed by atoms with Gasteiger partial charge in [-0.05, 0) is 50.0 Å². The molecule has 2 aliphatic rings. The number of nitrogens with two attached hydrogens (primary N) is 1. The Kier molecular flexibility index (Phi) is 5.70. The van der Waals surface area contributed by atoms with E-state index in [-0.39, 0.29) is 0 Å². The van der Waals surface area contributed by atoms with Crippen molar-refractivity contribution in [3.8, 4) is 0 Å². The zero-order valence-corrected chi connectivity index (χ0v) is 13.3. The van der Waals surface area contributed by atoms with E-state index >= 15 is 0 Å². The second-order valence-electron chi connectivity index (χ2n) is 7.43. The van der Waals surface area contributed by atoms with Crippen molar-refractivity contribution in [2.24, 2.45) is 23.5 Å². The van der Waals surface area contributed by atoms with Gasteiger partial charge in [-0.3, -0.25) is 4.90 Å². The Balaban J connectivity index is 1.87. The fourth-order valence-electron chi connectivity index (χ4n) is 4.32. The van der Waals surface area contributed by atoms with Gasteiger partial charge in [0.05, 0.1) is 0 Å². The zero-order valence-electron chi connectivity index (χ0n) is 13.3. The smallest absolute Gasteiger partial charge is 0.00980 e. The Hall–Kier alpha value is -0.0800. The van der Waals surface area contributed by atoms with Crippen LogP contribution in [-0.4, -0.2) is 30.1 Å². The molecule has 1 saturated carbocycles. The summed E-state index contributed by atoms with van der Waals surface area (Å²) in [7, 11) is 0. The molecule has 1 aliphatic carbocycles. The van der Waals surface area contributed by atoms with Crippen LogP contribution in [0, 0.1) is 17.8 Å². The summed E-state index contributed by atoms with van der Waals surface area (Å²) in [4.78, 5) is 2.78. The topological polar surface area (TPSA) is 29.3 Å². The van der Waals surface area contributed by atoms with Crippen LogP contribution in [0.25, 0.3) is 0 Å². The monoisotopic (exact) mass is 266 g/mol. The fraction of sp³-hybridized carbons (Fsp3) is 1.00. The second kappa shape index (κ2) is 7.08. The largest absolute Gasteiger partial charge is 0.327 e. The van der Waals surface area contributed by atoms with Crippen LogP contribution in [0.3, 0.4) is 0 Å².